The lowest BCUT2D eigenvalue weighted by Gasteiger charge is -2.45. The van der Waals surface area contributed by atoms with Crippen LogP contribution in [0.15, 0.2) is 41.8 Å². The first-order valence-corrected chi connectivity index (χ1v) is 11.5. The Hall–Kier alpha value is -1.32. The van der Waals surface area contributed by atoms with Crippen LogP contribution in [0.5, 0.6) is 0 Å². The monoisotopic (exact) mass is 435 g/mol. The maximum atomic E-state index is 10.2. The molecule has 2 heterocycles. The minimum atomic E-state index is -1.21. The van der Waals surface area contributed by atoms with Gasteiger partial charge in [0.25, 0.3) is 0 Å². The van der Waals surface area contributed by atoms with Crippen LogP contribution in [0.25, 0.3) is 10.4 Å². The second-order valence-corrected chi connectivity index (χ2v) is 9.01. The van der Waals surface area contributed by atoms with Gasteiger partial charge in [0.05, 0.1) is 24.9 Å². The Labute approximate surface area is 182 Å². The predicted molar refractivity (Wildman–Crippen MR) is 118 cm³/mol. The van der Waals surface area contributed by atoms with Gasteiger partial charge in [0.1, 0.15) is 12.2 Å². The number of hydrogen-bond acceptors (Lipinski definition) is 7. The number of aliphatic hydroxyl groups excluding tert-OH is 4. The molecule has 5 atom stereocenters. The van der Waals surface area contributed by atoms with Crippen LogP contribution in [0.1, 0.15) is 31.7 Å². The van der Waals surface area contributed by atoms with Crippen molar-refractivity contribution in [2.75, 3.05) is 19.7 Å². The van der Waals surface area contributed by atoms with E-state index in [4.69, 9.17) is 4.74 Å². The van der Waals surface area contributed by atoms with Crippen molar-refractivity contribution < 1.29 is 25.2 Å². The van der Waals surface area contributed by atoms with Crippen LogP contribution in [-0.4, -0.2) is 75.5 Å². The second kappa shape index (κ2) is 11.3. The van der Waals surface area contributed by atoms with Crippen molar-refractivity contribution in [2.45, 2.75) is 63.3 Å². The van der Waals surface area contributed by atoms with Crippen LogP contribution in [0.4, 0.5) is 0 Å². The Kier molecular flexibility index (Phi) is 8.83. The number of hydrogen-bond donors (Lipinski definition) is 4. The molecule has 6 nitrogen and oxygen atoms in total. The largest absolute Gasteiger partial charge is 0.392 e. The summed E-state index contributed by atoms with van der Waals surface area (Å²) in [6, 6.07) is 12.1. The summed E-state index contributed by atoms with van der Waals surface area (Å²) in [5.74, 6) is 0. The number of thiophene rings is 1. The molecule has 0 radical (unpaired) electrons. The summed E-state index contributed by atoms with van der Waals surface area (Å²) in [6.45, 7) is 3.78. The molecule has 2 aromatic rings. The van der Waals surface area contributed by atoms with E-state index in [-0.39, 0.29) is 6.54 Å². The molecule has 0 amide bonds. The highest BCUT2D eigenvalue weighted by Crippen LogP contribution is 2.25. The van der Waals surface area contributed by atoms with Gasteiger partial charge < -0.3 is 25.2 Å². The van der Waals surface area contributed by atoms with E-state index in [1.807, 2.05) is 4.90 Å². The SMILES string of the molecule is C[C@@H](O)[C@H]1[C@@H](O)[C@H](O)[C@@H](O)CN1CCCCCOCc1ccc(-c2cccs2)cc1. The van der Waals surface area contributed by atoms with E-state index in [2.05, 4.69) is 41.8 Å². The van der Waals surface area contributed by atoms with Crippen LogP contribution >= 0.6 is 11.3 Å². The summed E-state index contributed by atoms with van der Waals surface area (Å²) >= 11 is 1.73. The first-order chi connectivity index (χ1) is 14.5. The van der Waals surface area contributed by atoms with E-state index in [1.54, 1.807) is 18.3 Å². The van der Waals surface area contributed by atoms with Crippen LogP contribution in [0.2, 0.25) is 0 Å². The number of rotatable bonds is 10. The van der Waals surface area contributed by atoms with Gasteiger partial charge >= 0.3 is 0 Å². The third kappa shape index (κ3) is 6.11. The van der Waals surface area contributed by atoms with Crippen LogP contribution in [0, 0.1) is 0 Å². The van der Waals surface area contributed by atoms with Gasteiger partial charge in [-0.25, -0.2) is 0 Å². The Bertz CT molecular complexity index is 737. The smallest absolute Gasteiger partial charge is 0.109 e. The quantitative estimate of drug-likeness (QED) is 0.428. The molecule has 166 valence electrons. The number of likely N-dealkylation sites (tertiary alicyclic amines) is 1. The highest BCUT2D eigenvalue weighted by Gasteiger charge is 2.43. The van der Waals surface area contributed by atoms with Crippen molar-refractivity contribution >= 4 is 11.3 Å². The predicted octanol–water partition coefficient (Wildman–Crippen LogP) is 2.25. The standard InChI is InChI=1S/C23H33NO5S/c1-16(25)21-23(28)22(27)19(26)14-24(21)11-3-2-4-12-29-15-17-7-9-18(10-8-17)20-6-5-13-30-20/h5-10,13,16,19,21-23,25-28H,2-4,11-12,14-15H2,1H3/t16-,19+,21+,22-,23-/m1/s1. The number of unbranched alkanes of at least 4 members (excludes halogenated alkanes) is 2. The summed E-state index contributed by atoms with van der Waals surface area (Å²) in [5.41, 5.74) is 2.38. The van der Waals surface area contributed by atoms with Crippen molar-refractivity contribution in [1.29, 1.82) is 0 Å². The van der Waals surface area contributed by atoms with E-state index in [9.17, 15) is 20.4 Å². The molecule has 1 saturated heterocycles. The van der Waals surface area contributed by atoms with E-state index in [0.29, 0.717) is 19.8 Å². The fourth-order valence-corrected chi connectivity index (χ4v) is 4.77. The van der Waals surface area contributed by atoms with Crippen molar-refractivity contribution in [3.05, 3.63) is 47.3 Å². The summed E-state index contributed by atoms with van der Waals surface area (Å²) in [4.78, 5) is 3.14. The van der Waals surface area contributed by atoms with Crippen LogP contribution in [-0.2, 0) is 11.3 Å². The zero-order valence-electron chi connectivity index (χ0n) is 17.4. The molecule has 1 aromatic carbocycles. The summed E-state index contributed by atoms with van der Waals surface area (Å²) in [7, 11) is 0. The van der Waals surface area contributed by atoms with Gasteiger partial charge in [0, 0.05) is 18.0 Å². The lowest BCUT2D eigenvalue weighted by atomic mass is 9.90. The zero-order chi connectivity index (χ0) is 21.5. The maximum Gasteiger partial charge on any atom is 0.109 e. The molecule has 4 N–H and O–H groups in total. The van der Waals surface area contributed by atoms with E-state index >= 15 is 0 Å². The molecule has 0 unspecified atom stereocenters. The Balaban J connectivity index is 1.32. The minimum absolute atomic E-state index is 0.256. The Morgan fingerprint density at radius 2 is 1.83 bits per heavy atom. The molecule has 1 aliphatic heterocycles. The van der Waals surface area contributed by atoms with Crippen molar-refractivity contribution in [3.63, 3.8) is 0 Å². The summed E-state index contributed by atoms with van der Waals surface area (Å²) in [5, 5.41) is 42.0. The lowest BCUT2D eigenvalue weighted by Crippen LogP contribution is -2.64. The average Bonchev–Trinajstić information content (AvgIpc) is 3.26. The van der Waals surface area contributed by atoms with Gasteiger partial charge in [-0.05, 0) is 55.3 Å². The van der Waals surface area contributed by atoms with E-state index in [0.717, 1.165) is 24.8 Å². The lowest BCUT2D eigenvalue weighted by molar-refractivity contribution is -0.157. The Morgan fingerprint density at radius 3 is 2.50 bits per heavy atom. The van der Waals surface area contributed by atoms with Gasteiger partial charge in [-0.3, -0.25) is 4.90 Å². The number of benzene rings is 1. The van der Waals surface area contributed by atoms with Crippen molar-refractivity contribution in [3.8, 4) is 10.4 Å². The van der Waals surface area contributed by atoms with Crippen LogP contribution in [0.3, 0.4) is 0 Å². The molecule has 1 aromatic heterocycles. The van der Waals surface area contributed by atoms with E-state index < -0.39 is 30.5 Å². The molecule has 0 aliphatic carbocycles. The van der Waals surface area contributed by atoms with Crippen LogP contribution < -0.4 is 0 Å². The van der Waals surface area contributed by atoms with Gasteiger partial charge in [-0.15, -0.1) is 11.3 Å². The molecule has 0 saturated carbocycles. The molecule has 3 rings (SSSR count). The number of β-amino-alcohol motifs (C(OH)–C–C–N with tert-alkyl or cyclic N) is 1. The zero-order valence-corrected chi connectivity index (χ0v) is 18.2. The topological polar surface area (TPSA) is 93.4 Å². The first-order valence-electron chi connectivity index (χ1n) is 10.6. The second-order valence-electron chi connectivity index (χ2n) is 8.06. The van der Waals surface area contributed by atoms with Gasteiger partial charge in [-0.1, -0.05) is 30.3 Å². The molecular formula is C23H33NO5S. The molecule has 0 bridgehead atoms. The Morgan fingerprint density at radius 1 is 1.07 bits per heavy atom. The van der Waals surface area contributed by atoms with Gasteiger partial charge in [0.15, 0.2) is 0 Å². The number of aliphatic hydroxyl groups is 4. The number of nitrogens with zero attached hydrogens (tertiary/aromatic N) is 1. The molecule has 0 spiro atoms. The summed E-state index contributed by atoms with van der Waals surface area (Å²) < 4.78 is 5.79. The maximum absolute atomic E-state index is 10.2. The molecular weight excluding hydrogens is 402 g/mol. The average molecular weight is 436 g/mol. The fourth-order valence-electron chi connectivity index (χ4n) is 4.04. The number of piperidine rings is 1. The molecule has 1 fully saturated rings. The number of ether oxygens (including phenoxy) is 1. The fraction of sp³-hybridized carbons (Fsp3) is 0.565. The van der Waals surface area contributed by atoms with Crippen molar-refractivity contribution in [2.24, 2.45) is 0 Å². The van der Waals surface area contributed by atoms with E-state index in [1.165, 1.54) is 10.4 Å². The third-order valence-electron chi connectivity index (χ3n) is 5.69. The third-order valence-corrected chi connectivity index (χ3v) is 6.61. The first kappa shape index (κ1) is 23.3. The summed E-state index contributed by atoms with van der Waals surface area (Å²) in [6.07, 6.45) is -1.39. The van der Waals surface area contributed by atoms with Gasteiger partial charge in [-0.2, -0.15) is 0 Å². The minimum Gasteiger partial charge on any atom is -0.392 e. The normalized spacial score (nSPS) is 26.0. The molecule has 1 aliphatic rings. The highest BCUT2D eigenvalue weighted by atomic mass is 32.1. The van der Waals surface area contributed by atoms with Gasteiger partial charge in [0.2, 0.25) is 0 Å². The van der Waals surface area contributed by atoms with Crippen molar-refractivity contribution in [1.82, 2.24) is 4.90 Å². The molecule has 7 heteroatoms. The molecule has 30 heavy (non-hydrogen) atoms. The highest BCUT2D eigenvalue weighted by molar-refractivity contribution is 7.13.